The van der Waals surface area contributed by atoms with Crippen molar-refractivity contribution in [2.24, 2.45) is 0 Å². The molecule has 0 aromatic carbocycles. The van der Waals surface area contributed by atoms with E-state index in [1.807, 2.05) is 0 Å². The Hall–Kier alpha value is -2.05. The number of hydrogen-bond donors (Lipinski definition) is 2. The Kier molecular flexibility index (Phi) is 28.9. The van der Waals surface area contributed by atoms with Crippen LogP contribution in [0.1, 0.15) is 77.0 Å². The van der Waals surface area contributed by atoms with Crippen molar-refractivity contribution in [1.29, 1.82) is 0 Å². The van der Waals surface area contributed by atoms with Crippen molar-refractivity contribution in [1.82, 2.24) is 10.6 Å². The molecule has 39 heavy (non-hydrogen) atoms. The summed E-state index contributed by atoms with van der Waals surface area (Å²) in [7, 11) is 1.74. The van der Waals surface area contributed by atoms with Crippen LogP contribution in [-0.2, 0) is 28.4 Å². The normalized spacial score (nSPS) is 10.9. The van der Waals surface area contributed by atoms with Crippen LogP contribution < -0.4 is 10.6 Å². The molecule has 0 spiro atoms. The topological polar surface area (TPSA) is 131 Å². The molecule has 0 atom stereocenters. The van der Waals surface area contributed by atoms with Crippen molar-refractivity contribution >= 4 is 27.9 Å². The molecule has 2 N–H and O–H groups in total. The van der Waals surface area contributed by atoms with E-state index in [1.165, 1.54) is 6.04 Å². The zero-order valence-corrected chi connectivity index (χ0v) is 25.9. The maximum atomic E-state index is 11.7. The average molecular weight is 579 g/mol. The van der Waals surface area contributed by atoms with Crippen LogP contribution in [-0.4, -0.2) is 94.3 Å². The molecule has 0 heterocycles. The third-order valence-corrected chi connectivity index (χ3v) is 6.86. The van der Waals surface area contributed by atoms with E-state index < -0.39 is 12.2 Å². The number of carbonyl (C=O) groups excluding carboxylic acids is 3. The number of methoxy groups -OCH3 is 1. The summed E-state index contributed by atoms with van der Waals surface area (Å²) in [5.74, 6) is 0. The van der Waals surface area contributed by atoms with Gasteiger partial charge in [0.25, 0.3) is 0 Å². The molecule has 0 aliphatic carbocycles. The maximum Gasteiger partial charge on any atom is 0.508 e. The maximum absolute atomic E-state index is 11.7. The van der Waals surface area contributed by atoms with Crippen molar-refractivity contribution in [3.8, 4) is 0 Å². The fraction of sp³-hybridized carbons (Fsp3) is 0.889. The lowest BCUT2D eigenvalue weighted by atomic mass is 10.1. The van der Waals surface area contributed by atoms with Crippen LogP contribution in [0.15, 0.2) is 0 Å². The molecule has 230 valence electrons. The predicted octanol–water partition coefficient (Wildman–Crippen LogP) is 4.57. The zero-order chi connectivity index (χ0) is 28.7. The summed E-state index contributed by atoms with van der Waals surface area (Å²) in [5, 5.41) is 5.51. The smallest absolute Gasteiger partial charge is 0.450 e. The van der Waals surface area contributed by atoms with E-state index in [9.17, 15) is 14.4 Å². The van der Waals surface area contributed by atoms with Gasteiger partial charge in [0.15, 0.2) is 0 Å². The number of alkyl carbamates (subject to hydrolysis) is 2. The number of nitrogens with one attached hydrogen (secondary N) is 2. The summed E-state index contributed by atoms with van der Waals surface area (Å²) in [6.45, 7) is 6.65. The van der Waals surface area contributed by atoms with Crippen LogP contribution in [0.25, 0.3) is 0 Å². The number of rotatable bonds is 27. The van der Waals surface area contributed by atoms with Gasteiger partial charge in [-0.2, -0.15) is 0 Å². The highest BCUT2D eigenvalue weighted by Crippen LogP contribution is 2.06. The molecule has 2 amide bonds. The van der Waals surface area contributed by atoms with Crippen LogP contribution >= 0.6 is 0 Å². The first kappa shape index (κ1) is 36.9. The Morgan fingerprint density at radius 2 is 1.00 bits per heavy atom. The Morgan fingerprint density at radius 3 is 1.56 bits per heavy atom. The molecular weight excluding hydrogens is 524 g/mol. The van der Waals surface area contributed by atoms with E-state index in [0.29, 0.717) is 58.6 Å². The third-order valence-electron chi connectivity index (χ3n) is 5.66. The van der Waals surface area contributed by atoms with Gasteiger partial charge in [0.05, 0.1) is 26.4 Å². The second-order valence-corrected chi connectivity index (χ2v) is 11.0. The average Bonchev–Trinajstić information content (AvgIpc) is 2.93. The highest BCUT2D eigenvalue weighted by molar-refractivity contribution is 6.33. The molecule has 0 fully saturated rings. The SMILES string of the molecule is COCCCOC(=O)NCCCCCCCCCNC(=O)OCCCCOC(=O)OCCCOCCC[SiH2]C. The Bertz CT molecular complexity index is 585. The first-order chi connectivity index (χ1) is 19.1. The molecule has 0 bridgehead atoms. The summed E-state index contributed by atoms with van der Waals surface area (Å²) in [5.41, 5.74) is 0. The van der Waals surface area contributed by atoms with Gasteiger partial charge in [0.2, 0.25) is 0 Å². The van der Waals surface area contributed by atoms with Gasteiger partial charge in [-0.15, -0.1) is 0 Å². The molecule has 0 aromatic heterocycles. The second-order valence-electron chi connectivity index (χ2n) is 9.27. The first-order valence-corrected chi connectivity index (χ1v) is 17.2. The molecule has 0 aliphatic rings. The Balaban J connectivity index is 3.30. The van der Waals surface area contributed by atoms with Gasteiger partial charge in [-0.25, -0.2) is 14.4 Å². The monoisotopic (exact) mass is 578 g/mol. The van der Waals surface area contributed by atoms with E-state index in [2.05, 4.69) is 17.2 Å². The third kappa shape index (κ3) is 30.3. The number of carbonyl (C=O) groups is 3. The summed E-state index contributed by atoms with van der Waals surface area (Å²) in [4.78, 5) is 34.7. The van der Waals surface area contributed by atoms with E-state index in [4.69, 9.17) is 28.4 Å². The lowest BCUT2D eigenvalue weighted by Crippen LogP contribution is -2.25. The molecule has 0 saturated heterocycles. The van der Waals surface area contributed by atoms with Crippen LogP contribution in [0.2, 0.25) is 12.6 Å². The van der Waals surface area contributed by atoms with Gasteiger partial charge in [0.1, 0.15) is 0 Å². The van der Waals surface area contributed by atoms with Gasteiger partial charge < -0.3 is 39.1 Å². The molecule has 0 aromatic rings. The molecule has 0 rings (SSSR count). The van der Waals surface area contributed by atoms with Crippen LogP contribution in [0.5, 0.6) is 0 Å². The molecular formula is C27H54N2O9Si. The van der Waals surface area contributed by atoms with Crippen LogP contribution in [0.3, 0.4) is 0 Å². The predicted molar refractivity (Wildman–Crippen MR) is 153 cm³/mol. The number of unbranched alkanes of at least 4 members (excludes halogenated alkanes) is 7. The van der Waals surface area contributed by atoms with Gasteiger partial charge >= 0.3 is 18.3 Å². The molecule has 12 heteroatoms. The molecule has 0 saturated carbocycles. The van der Waals surface area contributed by atoms with E-state index in [0.717, 1.165) is 58.0 Å². The molecule has 0 radical (unpaired) electrons. The van der Waals surface area contributed by atoms with E-state index >= 15 is 0 Å². The quantitative estimate of drug-likeness (QED) is 0.0623. The van der Waals surface area contributed by atoms with Crippen molar-refractivity contribution in [2.75, 3.05) is 66.4 Å². The summed E-state index contributed by atoms with van der Waals surface area (Å²) < 4.78 is 30.5. The second kappa shape index (κ2) is 30.5. The summed E-state index contributed by atoms with van der Waals surface area (Å²) in [6, 6.07) is 1.31. The fourth-order valence-electron chi connectivity index (χ4n) is 3.42. The first-order valence-electron chi connectivity index (χ1n) is 14.8. The van der Waals surface area contributed by atoms with Crippen molar-refractivity contribution < 1.29 is 42.8 Å². The number of amides is 2. The fourth-order valence-corrected chi connectivity index (χ4v) is 4.13. The van der Waals surface area contributed by atoms with Gasteiger partial charge in [-0.05, 0) is 32.1 Å². The highest BCUT2D eigenvalue weighted by atomic mass is 28.2. The number of hydrogen-bond acceptors (Lipinski definition) is 9. The standard InChI is InChI=1S/C27H54N2O9Si/c1-33-17-12-22-36-26(31)29-16-9-7-5-3-4-6-8-15-28-25(30)35-20-10-11-21-37-27(32)38-23-13-18-34-19-14-24-39-2/h3-24,39H2,1-2H3,(H,28,30)(H,29,31). The van der Waals surface area contributed by atoms with Crippen molar-refractivity contribution in [3.05, 3.63) is 0 Å². The highest BCUT2D eigenvalue weighted by Gasteiger charge is 2.05. The Labute approximate surface area is 237 Å². The lowest BCUT2D eigenvalue weighted by molar-refractivity contribution is 0.0432. The van der Waals surface area contributed by atoms with Gasteiger partial charge in [-0.3, -0.25) is 0 Å². The summed E-state index contributed by atoms with van der Waals surface area (Å²) >= 11 is 0. The minimum atomic E-state index is -0.672. The molecule has 0 unspecified atom stereocenters. The number of ether oxygens (including phenoxy) is 6. The zero-order valence-electron chi connectivity index (χ0n) is 24.4. The van der Waals surface area contributed by atoms with Crippen molar-refractivity contribution in [2.45, 2.75) is 89.6 Å². The van der Waals surface area contributed by atoms with E-state index in [-0.39, 0.29) is 35.4 Å². The van der Waals surface area contributed by atoms with Crippen LogP contribution in [0, 0.1) is 0 Å². The summed E-state index contributed by atoms with van der Waals surface area (Å²) in [6.07, 6.45) is 9.58. The van der Waals surface area contributed by atoms with Crippen molar-refractivity contribution in [3.63, 3.8) is 0 Å². The van der Waals surface area contributed by atoms with Gasteiger partial charge in [0, 0.05) is 62.4 Å². The minimum Gasteiger partial charge on any atom is -0.450 e. The molecule has 11 nitrogen and oxygen atoms in total. The molecule has 0 aliphatic heterocycles. The van der Waals surface area contributed by atoms with Crippen LogP contribution in [0.4, 0.5) is 14.4 Å². The largest absolute Gasteiger partial charge is 0.508 e. The van der Waals surface area contributed by atoms with Gasteiger partial charge in [-0.1, -0.05) is 44.7 Å². The van der Waals surface area contributed by atoms with E-state index in [1.54, 1.807) is 7.11 Å². The lowest BCUT2D eigenvalue weighted by Gasteiger charge is -2.08. The minimum absolute atomic E-state index is 0.122. The Morgan fingerprint density at radius 1 is 0.538 bits per heavy atom.